The summed E-state index contributed by atoms with van der Waals surface area (Å²) in [6.45, 7) is 2.65. The van der Waals surface area contributed by atoms with Gasteiger partial charge in [-0.3, -0.25) is 4.79 Å². The summed E-state index contributed by atoms with van der Waals surface area (Å²) in [5, 5.41) is 2.78. The normalized spacial score (nSPS) is 17.1. The van der Waals surface area contributed by atoms with Gasteiger partial charge in [0.1, 0.15) is 5.69 Å². The first kappa shape index (κ1) is 20.8. The highest BCUT2D eigenvalue weighted by Gasteiger charge is 2.33. The number of aromatic nitrogens is 3. The van der Waals surface area contributed by atoms with E-state index in [1.807, 2.05) is 11.8 Å². The minimum Gasteiger partial charge on any atom is -0.423 e. The third-order valence-corrected chi connectivity index (χ3v) is 5.05. The largest absolute Gasteiger partial charge is 0.433 e. The molecule has 7 nitrogen and oxygen atoms in total. The van der Waals surface area contributed by atoms with Gasteiger partial charge < -0.3 is 14.6 Å². The van der Waals surface area contributed by atoms with Gasteiger partial charge in [-0.15, -0.1) is 0 Å². The van der Waals surface area contributed by atoms with Crippen LogP contribution in [0.25, 0.3) is 11.3 Å². The van der Waals surface area contributed by atoms with E-state index in [2.05, 4.69) is 20.3 Å². The zero-order chi connectivity index (χ0) is 22.0. The van der Waals surface area contributed by atoms with Gasteiger partial charge in [0, 0.05) is 30.4 Å². The molecule has 0 bridgehead atoms. The third kappa shape index (κ3) is 4.52. The van der Waals surface area contributed by atoms with Crippen molar-refractivity contribution in [2.75, 3.05) is 16.8 Å². The summed E-state index contributed by atoms with van der Waals surface area (Å²) in [6, 6.07) is 7.86. The number of anilines is 3. The van der Waals surface area contributed by atoms with Crippen LogP contribution >= 0.6 is 0 Å². The molecule has 1 aliphatic heterocycles. The van der Waals surface area contributed by atoms with Crippen molar-refractivity contribution in [3.63, 3.8) is 0 Å². The lowest BCUT2D eigenvalue weighted by Crippen LogP contribution is -2.45. The van der Waals surface area contributed by atoms with Gasteiger partial charge >= 0.3 is 6.18 Å². The van der Waals surface area contributed by atoms with Gasteiger partial charge in [0.25, 0.3) is 6.01 Å². The van der Waals surface area contributed by atoms with Crippen molar-refractivity contribution in [2.24, 2.45) is 0 Å². The Morgan fingerprint density at radius 2 is 2.10 bits per heavy atom. The minimum absolute atomic E-state index is 0.164. The summed E-state index contributed by atoms with van der Waals surface area (Å²) >= 11 is 0. The number of benzene rings is 1. The van der Waals surface area contributed by atoms with Crippen LogP contribution in [-0.2, 0) is 11.0 Å². The molecule has 1 unspecified atom stereocenters. The smallest absolute Gasteiger partial charge is 0.423 e. The Balaban J connectivity index is 1.55. The summed E-state index contributed by atoms with van der Waals surface area (Å²) in [5.74, 6) is 0.500. The number of nitrogens with zero attached hydrogens (tertiary/aromatic N) is 4. The molecule has 1 aliphatic rings. The second-order valence-electron chi connectivity index (χ2n) is 7.16. The first-order valence-corrected chi connectivity index (χ1v) is 9.88. The van der Waals surface area contributed by atoms with Gasteiger partial charge in [-0.1, -0.05) is 19.1 Å². The Bertz CT molecular complexity index is 1080. The average molecular weight is 431 g/mol. The molecule has 0 spiro atoms. The van der Waals surface area contributed by atoms with Crippen molar-refractivity contribution < 1.29 is 22.4 Å². The lowest BCUT2D eigenvalue weighted by atomic mass is 9.99. The van der Waals surface area contributed by atoms with E-state index in [0.717, 1.165) is 18.7 Å². The Morgan fingerprint density at radius 1 is 1.26 bits per heavy atom. The Kier molecular flexibility index (Phi) is 5.62. The van der Waals surface area contributed by atoms with Gasteiger partial charge in [0.05, 0.1) is 12.2 Å². The van der Waals surface area contributed by atoms with Crippen LogP contribution in [-0.4, -0.2) is 33.3 Å². The van der Waals surface area contributed by atoms with Crippen molar-refractivity contribution in [1.29, 1.82) is 0 Å². The average Bonchev–Trinajstić information content (AvgIpc) is 3.23. The van der Waals surface area contributed by atoms with E-state index < -0.39 is 11.9 Å². The first-order valence-electron chi connectivity index (χ1n) is 9.88. The van der Waals surface area contributed by atoms with Gasteiger partial charge in [-0.05, 0) is 31.0 Å². The molecule has 0 saturated carbocycles. The monoisotopic (exact) mass is 431 g/mol. The molecule has 1 atom stereocenters. The SMILES string of the molecule is CCC1C(=O)CCCN1c1ncc(-c2cccc(Nc3nccc(C(F)(F)F)n3)c2)o1. The summed E-state index contributed by atoms with van der Waals surface area (Å²) in [6.07, 6.45) is 0.0593. The highest BCUT2D eigenvalue weighted by atomic mass is 19.4. The second-order valence-corrected chi connectivity index (χ2v) is 7.16. The van der Waals surface area contributed by atoms with Crippen molar-refractivity contribution in [1.82, 2.24) is 15.0 Å². The van der Waals surface area contributed by atoms with Gasteiger partial charge in [0.2, 0.25) is 5.95 Å². The van der Waals surface area contributed by atoms with E-state index in [9.17, 15) is 18.0 Å². The van der Waals surface area contributed by atoms with Crippen molar-refractivity contribution in [3.05, 3.63) is 48.4 Å². The summed E-state index contributed by atoms with van der Waals surface area (Å²) in [4.78, 5) is 25.8. The number of ketones is 1. The van der Waals surface area contributed by atoms with Crippen molar-refractivity contribution in [2.45, 2.75) is 38.4 Å². The number of halogens is 3. The van der Waals surface area contributed by atoms with E-state index in [1.54, 1.807) is 30.5 Å². The summed E-state index contributed by atoms with van der Waals surface area (Å²) < 4.78 is 44.5. The van der Waals surface area contributed by atoms with E-state index in [0.29, 0.717) is 42.4 Å². The van der Waals surface area contributed by atoms with Crippen LogP contribution in [0.1, 0.15) is 31.9 Å². The van der Waals surface area contributed by atoms with E-state index >= 15 is 0 Å². The third-order valence-electron chi connectivity index (χ3n) is 5.05. The van der Waals surface area contributed by atoms with E-state index in [4.69, 9.17) is 4.42 Å². The molecule has 3 heterocycles. The number of piperidine rings is 1. The molecule has 1 N–H and O–H groups in total. The van der Waals surface area contributed by atoms with Crippen LogP contribution in [0.2, 0.25) is 0 Å². The fraction of sp³-hybridized carbons (Fsp3) is 0.333. The van der Waals surface area contributed by atoms with Crippen LogP contribution in [0.15, 0.2) is 47.1 Å². The van der Waals surface area contributed by atoms with E-state index in [-0.39, 0.29) is 17.8 Å². The van der Waals surface area contributed by atoms with Crippen molar-refractivity contribution in [3.8, 4) is 11.3 Å². The van der Waals surface area contributed by atoms with Crippen molar-refractivity contribution >= 4 is 23.4 Å². The maximum atomic E-state index is 12.9. The molecule has 2 aromatic heterocycles. The Morgan fingerprint density at radius 3 is 2.87 bits per heavy atom. The topological polar surface area (TPSA) is 84.2 Å². The van der Waals surface area contributed by atoms with Gasteiger partial charge in [0.15, 0.2) is 11.5 Å². The standard InChI is InChI=1S/C21H20F3N5O2/c1-2-15-16(30)7-4-10-29(15)20-26-12-17(31-20)13-5-3-6-14(11-13)27-19-25-9-8-18(28-19)21(22,23)24/h3,5-6,8-9,11-12,15H,2,4,7,10H2,1H3,(H,25,27,28). The van der Waals surface area contributed by atoms with Gasteiger partial charge in [-0.25, -0.2) is 15.0 Å². The molecule has 162 valence electrons. The molecule has 4 rings (SSSR count). The zero-order valence-electron chi connectivity index (χ0n) is 16.7. The molecule has 10 heteroatoms. The molecule has 1 saturated heterocycles. The van der Waals surface area contributed by atoms with E-state index in [1.165, 1.54) is 0 Å². The molecular formula is C21H20F3N5O2. The van der Waals surface area contributed by atoms with Crippen LogP contribution in [0.5, 0.6) is 0 Å². The lowest BCUT2D eigenvalue weighted by Gasteiger charge is -2.32. The fourth-order valence-corrected chi connectivity index (χ4v) is 3.58. The van der Waals surface area contributed by atoms with Gasteiger partial charge in [-0.2, -0.15) is 13.2 Å². The van der Waals surface area contributed by atoms with Crippen LogP contribution in [0.4, 0.5) is 30.8 Å². The number of oxazole rings is 1. The molecule has 3 aromatic rings. The molecular weight excluding hydrogens is 411 g/mol. The lowest BCUT2D eigenvalue weighted by molar-refractivity contribution is -0.141. The number of hydrogen-bond acceptors (Lipinski definition) is 7. The molecule has 0 radical (unpaired) electrons. The molecule has 0 amide bonds. The van der Waals surface area contributed by atoms with Crippen LogP contribution in [0, 0.1) is 0 Å². The maximum absolute atomic E-state index is 12.9. The molecule has 1 aromatic carbocycles. The van der Waals surface area contributed by atoms with Crippen LogP contribution in [0.3, 0.4) is 0 Å². The zero-order valence-corrected chi connectivity index (χ0v) is 16.7. The number of Topliss-reactive ketones (excluding diaryl/α,β-unsaturated/α-hetero) is 1. The Hall–Kier alpha value is -3.43. The maximum Gasteiger partial charge on any atom is 0.433 e. The summed E-state index contributed by atoms with van der Waals surface area (Å²) in [5.41, 5.74) is 0.143. The number of hydrogen-bond donors (Lipinski definition) is 1. The highest BCUT2D eigenvalue weighted by molar-refractivity contribution is 5.87. The number of alkyl halides is 3. The number of carbonyl (C=O) groups is 1. The fourth-order valence-electron chi connectivity index (χ4n) is 3.58. The minimum atomic E-state index is -4.55. The number of rotatable bonds is 5. The molecule has 1 fully saturated rings. The second kappa shape index (κ2) is 8.37. The highest BCUT2D eigenvalue weighted by Crippen LogP contribution is 2.31. The first-order chi connectivity index (χ1) is 14.8. The quantitative estimate of drug-likeness (QED) is 0.619. The Labute approximate surface area is 176 Å². The molecule has 31 heavy (non-hydrogen) atoms. The summed E-state index contributed by atoms with van der Waals surface area (Å²) in [7, 11) is 0. The van der Waals surface area contributed by atoms with Crippen LogP contribution < -0.4 is 10.2 Å². The molecule has 0 aliphatic carbocycles. The number of carbonyl (C=O) groups excluding carboxylic acids is 1. The predicted octanol–water partition coefficient (Wildman–Crippen LogP) is 4.84. The number of nitrogens with one attached hydrogen (secondary N) is 1. The predicted molar refractivity (Wildman–Crippen MR) is 108 cm³/mol.